The number of phenolic OH excluding ortho intramolecular Hbond substituents is 1. The molecule has 4 rings (SSSR count). The third-order valence-corrected chi connectivity index (χ3v) is 6.50. The first-order chi connectivity index (χ1) is 10.4. The van der Waals surface area contributed by atoms with Crippen LogP contribution in [0.5, 0.6) is 5.75 Å². The molecule has 0 saturated heterocycles. The van der Waals surface area contributed by atoms with E-state index in [0.29, 0.717) is 17.8 Å². The molecule has 0 aromatic heterocycles. The van der Waals surface area contributed by atoms with E-state index in [4.69, 9.17) is 2.74 Å². The van der Waals surface area contributed by atoms with Crippen LogP contribution in [0.4, 0.5) is 0 Å². The lowest BCUT2D eigenvalue weighted by atomic mass is 9.55. The Morgan fingerprint density at radius 1 is 1.30 bits per heavy atom. The van der Waals surface area contributed by atoms with Crippen molar-refractivity contribution in [1.82, 2.24) is 0 Å². The van der Waals surface area contributed by atoms with Gasteiger partial charge in [-0.05, 0) is 84.9 Å². The van der Waals surface area contributed by atoms with Crippen molar-refractivity contribution in [2.75, 3.05) is 0 Å². The van der Waals surface area contributed by atoms with Crippen molar-refractivity contribution in [2.24, 2.45) is 17.3 Å². The average molecular weight is 274 g/mol. The molecular formula is C18H24O2. The molecule has 0 bridgehead atoms. The average Bonchev–Trinajstić information content (AvgIpc) is 2.80. The fourth-order valence-corrected chi connectivity index (χ4v) is 5.38. The zero-order valence-corrected chi connectivity index (χ0v) is 12.0. The first kappa shape index (κ1) is 10.7. The molecule has 3 aliphatic rings. The highest BCUT2D eigenvalue weighted by Gasteiger charge is 2.54. The Bertz CT molecular complexity index is 630. The summed E-state index contributed by atoms with van der Waals surface area (Å²) in [5.41, 5.74) is 2.15. The van der Waals surface area contributed by atoms with Crippen molar-refractivity contribution < 1.29 is 13.0 Å². The Kier molecular flexibility index (Phi) is 2.26. The van der Waals surface area contributed by atoms with Crippen LogP contribution in [0.15, 0.2) is 18.2 Å². The first-order valence-electron chi connectivity index (χ1n) is 8.93. The predicted molar refractivity (Wildman–Crippen MR) is 78.7 cm³/mol. The number of phenols is 1. The highest BCUT2D eigenvalue weighted by atomic mass is 16.3. The summed E-state index contributed by atoms with van der Waals surface area (Å²) in [4.78, 5) is 0. The summed E-state index contributed by atoms with van der Waals surface area (Å²) in [5.74, 6) is 1.35. The van der Waals surface area contributed by atoms with Crippen LogP contribution in [-0.2, 0) is 6.42 Å². The lowest BCUT2D eigenvalue weighted by Crippen LogP contribution is -2.43. The van der Waals surface area contributed by atoms with Gasteiger partial charge in [0.05, 0.1) is 8.85 Å². The maximum absolute atomic E-state index is 10.4. The quantitative estimate of drug-likeness (QED) is 0.758. The van der Waals surface area contributed by atoms with Crippen molar-refractivity contribution >= 4 is 0 Å². The van der Waals surface area contributed by atoms with Gasteiger partial charge in [0.25, 0.3) is 0 Å². The Morgan fingerprint density at radius 2 is 2.15 bits per heavy atom. The summed E-state index contributed by atoms with van der Waals surface area (Å²) in [7, 11) is 0. The van der Waals surface area contributed by atoms with Crippen molar-refractivity contribution in [3.8, 4) is 5.75 Å². The van der Waals surface area contributed by atoms with E-state index in [1.54, 1.807) is 6.07 Å². The SMILES string of the molecule is [2H]c1cc2c(c([2H])c1O)CC[C@@H]1[C@@H]2CC[C@]2(C)[C@H](O)CC[C@@H]12. The Hall–Kier alpha value is -1.02. The molecule has 0 heterocycles. The van der Waals surface area contributed by atoms with Crippen LogP contribution in [0.3, 0.4) is 0 Å². The van der Waals surface area contributed by atoms with Crippen LogP contribution in [0.25, 0.3) is 0 Å². The van der Waals surface area contributed by atoms with Gasteiger partial charge in [0.1, 0.15) is 5.75 Å². The molecule has 0 amide bonds. The number of fused-ring (bicyclic) bond motifs is 5. The number of rotatable bonds is 0. The monoisotopic (exact) mass is 274 g/mol. The molecule has 0 unspecified atom stereocenters. The van der Waals surface area contributed by atoms with E-state index in [0.717, 1.165) is 49.7 Å². The largest absolute Gasteiger partial charge is 0.508 e. The van der Waals surface area contributed by atoms with E-state index in [2.05, 4.69) is 6.92 Å². The number of hydrogen-bond acceptors (Lipinski definition) is 2. The third-order valence-electron chi connectivity index (χ3n) is 6.50. The van der Waals surface area contributed by atoms with Crippen LogP contribution in [0.1, 0.15) is 58.8 Å². The summed E-state index contributed by atoms with van der Waals surface area (Å²) < 4.78 is 16.0. The summed E-state index contributed by atoms with van der Waals surface area (Å²) in [6.45, 7) is 2.25. The number of aliphatic hydroxyl groups excluding tert-OH is 1. The van der Waals surface area contributed by atoms with Crippen molar-refractivity contribution in [3.05, 3.63) is 29.3 Å². The number of aromatic hydroxyl groups is 1. The van der Waals surface area contributed by atoms with Crippen LogP contribution in [-0.4, -0.2) is 16.3 Å². The lowest BCUT2D eigenvalue weighted by Gasteiger charge is -2.50. The normalized spacial score (nSPS) is 44.1. The molecule has 0 aliphatic heterocycles. The molecular weight excluding hydrogens is 248 g/mol. The van der Waals surface area contributed by atoms with Gasteiger partial charge in [-0.2, -0.15) is 0 Å². The predicted octanol–water partition coefficient (Wildman–Crippen LogP) is 3.61. The first-order valence-corrected chi connectivity index (χ1v) is 7.93. The molecule has 0 radical (unpaired) electrons. The van der Waals surface area contributed by atoms with Gasteiger partial charge < -0.3 is 10.2 Å². The molecule has 5 atom stereocenters. The minimum Gasteiger partial charge on any atom is -0.508 e. The van der Waals surface area contributed by atoms with Gasteiger partial charge >= 0.3 is 0 Å². The third kappa shape index (κ3) is 1.60. The van der Waals surface area contributed by atoms with Crippen LogP contribution < -0.4 is 0 Å². The van der Waals surface area contributed by atoms with Crippen LogP contribution >= 0.6 is 0 Å². The second kappa shape index (κ2) is 4.24. The molecule has 20 heavy (non-hydrogen) atoms. The molecule has 2 nitrogen and oxygen atoms in total. The van der Waals surface area contributed by atoms with Gasteiger partial charge in [0, 0.05) is 0 Å². The van der Waals surface area contributed by atoms with E-state index in [-0.39, 0.29) is 29.4 Å². The second-order valence-electron chi connectivity index (χ2n) is 7.25. The molecule has 108 valence electrons. The lowest BCUT2D eigenvalue weighted by molar-refractivity contribution is -0.0226. The topological polar surface area (TPSA) is 40.5 Å². The van der Waals surface area contributed by atoms with Gasteiger partial charge in [0.15, 0.2) is 0 Å². The van der Waals surface area contributed by atoms with Gasteiger partial charge in [-0.1, -0.05) is 13.0 Å². The van der Waals surface area contributed by atoms with Gasteiger partial charge in [0.2, 0.25) is 0 Å². The highest BCUT2D eigenvalue weighted by molar-refractivity contribution is 5.40. The van der Waals surface area contributed by atoms with Gasteiger partial charge in [-0.3, -0.25) is 0 Å². The van der Waals surface area contributed by atoms with Crippen LogP contribution in [0.2, 0.25) is 0 Å². The molecule has 2 N–H and O–H groups in total. The Balaban J connectivity index is 1.76. The fourth-order valence-electron chi connectivity index (χ4n) is 5.38. The van der Waals surface area contributed by atoms with E-state index < -0.39 is 0 Å². The van der Waals surface area contributed by atoms with E-state index in [1.165, 1.54) is 0 Å². The fraction of sp³-hybridized carbons (Fsp3) is 0.667. The minimum absolute atomic E-state index is 0.0587. The zero-order chi connectivity index (χ0) is 15.6. The van der Waals surface area contributed by atoms with Crippen molar-refractivity contribution in [2.45, 2.75) is 57.5 Å². The van der Waals surface area contributed by atoms with Crippen molar-refractivity contribution in [1.29, 1.82) is 0 Å². The Labute approximate surface area is 123 Å². The number of aliphatic hydroxyl groups is 1. The highest BCUT2D eigenvalue weighted by Crippen LogP contribution is 2.60. The van der Waals surface area contributed by atoms with Crippen molar-refractivity contribution in [3.63, 3.8) is 0 Å². The Morgan fingerprint density at radius 3 is 3.00 bits per heavy atom. The summed E-state index contributed by atoms with van der Waals surface area (Å²) in [6.07, 6.45) is 5.79. The molecule has 3 aliphatic carbocycles. The molecule has 1 aromatic rings. The summed E-state index contributed by atoms with van der Waals surface area (Å²) in [5, 5.41) is 20.3. The second-order valence-corrected chi connectivity index (χ2v) is 7.25. The maximum atomic E-state index is 10.4. The molecule has 1 aromatic carbocycles. The molecule has 2 fully saturated rings. The van der Waals surface area contributed by atoms with Crippen LogP contribution in [0, 0.1) is 17.3 Å². The molecule has 2 heteroatoms. The summed E-state index contributed by atoms with van der Waals surface area (Å²) in [6, 6.07) is 2.05. The number of hydrogen-bond donors (Lipinski definition) is 2. The van der Waals surface area contributed by atoms with E-state index in [9.17, 15) is 10.2 Å². The molecule has 0 spiro atoms. The van der Waals surface area contributed by atoms with Gasteiger partial charge in [-0.15, -0.1) is 0 Å². The smallest absolute Gasteiger partial charge is 0.115 e. The maximum Gasteiger partial charge on any atom is 0.115 e. The van der Waals surface area contributed by atoms with E-state index in [1.807, 2.05) is 0 Å². The molecule has 2 saturated carbocycles. The zero-order valence-electron chi connectivity index (χ0n) is 14.0. The van der Waals surface area contributed by atoms with E-state index >= 15 is 0 Å². The number of benzene rings is 1. The van der Waals surface area contributed by atoms with Gasteiger partial charge in [-0.25, -0.2) is 0 Å². The summed E-state index contributed by atoms with van der Waals surface area (Å²) >= 11 is 0. The minimum atomic E-state index is -0.172. The standard InChI is InChI=1S/C18H24O2/c1-18-9-8-14-13-5-3-12(19)10-11(13)2-4-15(14)16(18)6-7-17(18)20/h3,5,10,14-17,19-20H,2,4,6-9H2,1H3/t14-,15-,16+,17-,18+/m1/s1/i3D,10D.